The highest BCUT2D eigenvalue weighted by Crippen LogP contribution is 2.22. The number of anilines is 1. The molecule has 0 saturated carbocycles. The summed E-state index contributed by atoms with van der Waals surface area (Å²) in [6, 6.07) is 13.4. The van der Waals surface area contributed by atoms with Gasteiger partial charge in [0, 0.05) is 44.5 Å². The van der Waals surface area contributed by atoms with Gasteiger partial charge in [0.2, 0.25) is 0 Å². The van der Waals surface area contributed by atoms with Crippen LogP contribution < -0.4 is 4.90 Å². The number of hydrogen-bond donors (Lipinski definition) is 0. The van der Waals surface area contributed by atoms with Gasteiger partial charge in [0.05, 0.1) is 19.8 Å². The van der Waals surface area contributed by atoms with E-state index in [0.717, 1.165) is 57.8 Å². The van der Waals surface area contributed by atoms with Crippen molar-refractivity contribution in [3.8, 4) is 0 Å². The van der Waals surface area contributed by atoms with Crippen LogP contribution >= 0.6 is 0 Å². The van der Waals surface area contributed by atoms with Crippen molar-refractivity contribution in [1.29, 1.82) is 0 Å². The minimum absolute atomic E-state index is 0.719. The first-order chi connectivity index (χ1) is 11.9. The average Bonchev–Trinajstić information content (AvgIpc) is 3.12. The van der Waals surface area contributed by atoms with Gasteiger partial charge in [-0.1, -0.05) is 30.3 Å². The molecule has 4 rings (SSSR count). The van der Waals surface area contributed by atoms with Crippen LogP contribution in [0.15, 0.2) is 42.6 Å². The largest absolute Gasteiger partial charge is 0.379 e. The molecule has 2 saturated heterocycles. The van der Waals surface area contributed by atoms with E-state index in [4.69, 9.17) is 9.84 Å². The van der Waals surface area contributed by atoms with Crippen LogP contribution in [0.25, 0.3) is 0 Å². The Morgan fingerprint density at radius 3 is 2.46 bits per heavy atom. The van der Waals surface area contributed by atoms with E-state index in [1.54, 1.807) is 0 Å². The summed E-state index contributed by atoms with van der Waals surface area (Å²) in [5.41, 5.74) is 1.29. The Bertz CT molecular complexity index is 628. The average molecular weight is 326 g/mol. The smallest absolute Gasteiger partial charge is 0.150 e. The van der Waals surface area contributed by atoms with Gasteiger partial charge in [-0.3, -0.25) is 9.58 Å². The number of nitrogens with zero attached hydrogens (tertiary/aromatic N) is 4. The lowest BCUT2D eigenvalue weighted by Gasteiger charge is -2.40. The zero-order valence-corrected chi connectivity index (χ0v) is 14.2. The Balaban J connectivity index is 1.32. The van der Waals surface area contributed by atoms with Gasteiger partial charge in [0.1, 0.15) is 0 Å². The molecule has 2 fully saturated rings. The summed E-state index contributed by atoms with van der Waals surface area (Å²) in [6.07, 6.45) is 4.55. The summed E-state index contributed by atoms with van der Waals surface area (Å²) in [6.45, 7) is 7.01. The van der Waals surface area contributed by atoms with Gasteiger partial charge in [-0.15, -0.1) is 0 Å². The highest BCUT2D eigenvalue weighted by molar-refractivity contribution is 5.37. The van der Waals surface area contributed by atoms with Crippen molar-refractivity contribution >= 4 is 5.82 Å². The monoisotopic (exact) mass is 326 g/mol. The number of morpholine rings is 1. The van der Waals surface area contributed by atoms with Crippen LogP contribution in [0.1, 0.15) is 18.4 Å². The molecule has 2 aliphatic heterocycles. The Labute approximate surface area is 143 Å². The second-order valence-electron chi connectivity index (χ2n) is 6.72. The maximum Gasteiger partial charge on any atom is 0.150 e. The highest BCUT2D eigenvalue weighted by Gasteiger charge is 2.26. The van der Waals surface area contributed by atoms with E-state index >= 15 is 0 Å². The normalized spacial score (nSPS) is 20.4. The lowest BCUT2D eigenvalue weighted by atomic mass is 10.0. The molecule has 0 radical (unpaired) electrons. The number of rotatable bonds is 4. The molecule has 1 aromatic heterocycles. The van der Waals surface area contributed by atoms with E-state index in [0.29, 0.717) is 0 Å². The molecular formula is C19H26N4O. The summed E-state index contributed by atoms with van der Waals surface area (Å²) < 4.78 is 7.51. The molecular weight excluding hydrogens is 300 g/mol. The molecule has 2 aliphatic rings. The predicted octanol–water partition coefficient (Wildman–Crippen LogP) is 2.23. The van der Waals surface area contributed by atoms with E-state index in [9.17, 15) is 0 Å². The van der Waals surface area contributed by atoms with Crippen LogP contribution in [0.4, 0.5) is 5.82 Å². The summed E-state index contributed by atoms with van der Waals surface area (Å²) in [5, 5.41) is 4.78. The van der Waals surface area contributed by atoms with Crippen molar-refractivity contribution < 1.29 is 4.74 Å². The number of piperidine rings is 1. The maximum absolute atomic E-state index is 5.47. The van der Waals surface area contributed by atoms with Crippen molar-refractivity contribution in [1.82, 2.24) is 14.7 Å². The number of benzene rings is 1. The predicted molar refractivity (Wildman–Crippen MR) is 95.4 cm³/mol. The van der Waals surface area contributed by atoms with Crippen LogP contribution in [0.3, 0.4) is 0 Å². The topological polar surface area (TPSA) is 33.5 Å². The lowest BCUT2D eigenvalue weighted by molar-refractivity contribution is 0.0114. The molecule has 0 atom stereocenters. The molecule has 24 heavy (non-hydrogen) atoms. The van der Waals surface area contributed by atoms with Crippen molar-refractivity contribution in [2.75, 3.05) is 44.3 Å². The Morgan fingerprint density at radius 1 is 0.958 bits per heavy atom. The van der Waals surface area contributed by atoms with Crippen LogP contribution in [0.5, 0.6) is 0 Å². The molecule has 1 aromatic carbocycles. The van der Waals surface area contributed by atoms with E-state index in [-0.39, 0.29) is 0 Å². The molecule has 0 aliphatic carbocycles. The van der Waals surface area contributed by atoms with Crippen molar-refractivity contribution in [3.05, 3.63) is 48.2 Å². The quantitative estimate of drug-likeness (QED) is 0.863. The number of aromatic nitrogens is 2. The fourth-order valence-electron chi connectivity index (χ4n) is 3.78. The lowest BCUT2D eigenvalue weighted by Crippen LogP contribution is -2.49. The van der Waals surface area contributed by atoms with Gasteiger partial charge in [-0.2, -0.15) is 5.10 Å². The first-order valence-corrected chi connectivity index (χ1v) is 9.02. The van der Waals surface area contributed by atoms with Crippen LogP contribution in [0.2, 0.25) is 0 Å². The first kappa shape index (κ1) is 15.7. The molecule has 5 nitrogen and oxygen atoms in total. The van der Waals surface area contributed by atoms with Gasteiger partial charge < -0.3 is 9.64 Å². The SMILES string of the molecule is c1ccc(Cn2ccc(N3CCC(N4CCOCC4)CC3)n2)cc1. The van der Waals surface area contributed by atoms with E-state index in [1.807, 2.05) is 4.68 Å². The third kappa shape index (κ3) is 3.62. The van der Waals surface area contributed by atoms with Crippen molar-refractivity contribution in [2.24, 2.45) is 0 Å². The maximum atomic E-state index is 5.47. The minimum atomic E-state index is 0.719. The van der Waals surface area contributed by atoms with E-state index in [2.05, 4.69) is 52.4 Å². The number of hydrogen-bond acceptors (Lipinski definition) is 4. The Kier molecular flexibility index (Phi) is 4.81. The molecule has 128 valence electrons. The highest BCUT2D eigenvalue weighted by atomic mass is 16.5. The van der Waals surface area contributed by atoms with Crippen molar-refractivity contribution in [3.63, 3.8) is 0 Å². The fourth-order valence-corrected chi connectivity index (χ4v) is 3.78. The van der Waals surface area contributed by atoms with E-state index in [1.165, 1.54) is 18.4 Å². The van der Waals surface area contributed by atoms with Gasteiger partial charge >= 0.3 is 0 Å². The minimum Gasteiger partial charge on any atom is -0.379 e. The second kappa shape index (κ2) is 7.36. The third-order valence-corrected chi connectivity index (χ3v) is 5.16. The second-order valence-corrected chi connectivity index (χ2v) is 6.72. The fraction of sp³-hybridized carbons (Fsp3) is 0.526. The molecule has 2 aromatic rings. The van der Waals surface area contributed by atoms with Crippen molar-refractivity contribution in [2.45, 2.75) is 25.4 Å². The molecule has 3 heterocycles. The van der Waals surface area contributed by atoms with Gasteiger partial charge in [0.15, 0.2) is 5.82 Å². The summed E-state index contributed by atoms with van der Waals surface area (Å²) in [7, 11) is 0. The summed E-state index contributed by atoms with van der Waals surface area (Å²) >= 11 is 0. The number of ether oxygens (including phenoxy) is 1. The van der Waals surface area contributed by atoms with Gasteiger partial charge in [-0.05, 0) is 18.4 Å². The van der Waals surface area contributed by atoms with E-state index < -0.39 is 0 Å². The molecule has 0 bridgehead atoms. The molecule has 0 amide bonds. The first-order valence-electron chi connectivity index (χ1n) is 9.02. The van der Waals surface area contributed by atoms with Crippen LogP contribution in [-0.4, -0.2) is 60.1 Å². The zero-order chi connectivity index (χ0) is 16.2. The third-order valence-electron chi connectivity index (χ3n) is 5.16. The van der Waals surface area contributed by atoms with Crippen LogP contribution in [-0.2, 0) is 11.3 Å². The molecule has 0 unspecified atom stereocenters. The molecule has 5 heteroatoms. The van der Waals surface area contributed by atoms with Gasteiger partial charge in [0.25, 0.3) is 0 Å². The Hall–Kier alpha value is -1.85. The molecule has 0 spiro atoms. The molecule has 0 N–H and O–H groups in total. The standard InChI is InChI=1S/C19H26N4O/c1-2-4-17(5-3-1)16-23-11-8-19(20-23)22-9-6-18(7-10-22)21-12-14-24-15-13-21/h1-5,8,11,18H,6-7,9-10,12-16H2. The Morgan fingerprint density at radius 2 is 1.71 bits per heavy atom. The zero-order valence-electron chi connectivity index (χ0n) is 14.2. The van der Waals surface area contributed by atoms with Crippen LogP contribution in [0, 0.1) is 0 Å². The van der Waals surface area contributed by atoms with Gasteiger partial charge in [-0.25, -0.2) is 0 Å². The summed E-state index contributed by atoms with van der Waals surface area (Å²) in [5.74, 6) is 1.12. The summed E-state index contributed by atoms with van der Waals surface area (Å²) in [4.78, 5) is 5.04.